The summed E-state index contributed by atoms with van der Waals surface area (Å²) in [7, 11) is 0. The zero-order valence-corrected chi connectivity index (χ0v) is 9.64. The number of hydrogen-bond acceptors (Lipinski definition) is 4. The molecule has 0 saturated carbocycles. The van der Waals surface area contributed by atoms with Crippen molar-refractivity contribution >= 4 is 27.3 Å². The molecule has 1 rings (SSSR count). The molecule has 0 unspecified atom stereocenters. The van der Waals surface area contributed by atoms with Crippen molar-refractivity contribution < 1.29 is 9.85 Å². The lowest BCUT2D eigenvalue weighted by Crippen LogP contribution is -1.95. The van der Waals surface area contributed by atoms with Crippen LogP contribution in [0.2, 0.25) is 0 Å². The van der Waals surface area contributed by atoms with E-state index in [4.69, 9.17) is 0 Å². The van der Waals surface area contributed by atoms with Gasteiger partial charge in [0.05, 0.1) is 15.9 Å². The molecular formula is C9H7BrN2O4. The van der Waals surface area contributed by atoms with Crippen LogP contribution in [0.1, 0.15) is 5.56 Å². The number of rotatable bonds is 4. The maximum Gasteiger partial charge on any atom is 0.276 e. The Kier molecular flexibility index (Phi) is 3.73. The normalized spacial score (nSPS) is 9.81. The van der Waals surface area contributed by atoms with Crippen molar-refractivity contribution in [3.05, 3.63) is 55.1 Å². The van der Waals surface area contributed by atoms with Gasteiger partial charge in [-0.2, -0.15) is 0 Å². The Morgan fingerprint density at radius 3 is 1.94 bits per heavy atom. The predicted octanol–water partition coefficient (Wildman–Crippen LogP) is 2.95. The summed E-state index contributed by atoms with van der Waals surface area (Å²) < 4.78 is 0.599. The molecule has 0 aliphatic carbocycles. The average molecular weight is 287 g/mol. The molecule has 0 aliphatic rings. The molecule has 84 valence electrons. The first kappa shape index (κ1) is 12.3. The van der Waals surface area contributed by atoms with E-state index in [-0.39, 0.29) is 11.4 Å². The standard InChI is InChI=1S/C9H7BrN2O4/c1-6(10)2-7-3-8(11(13)14)5-9(4-7)12(15)16/h3-5H,1-2H2. The molecule has 0 saturated heterocycles. The molecule has 0 atom stereocenters. The molecule has 0 bridgehead atoms. The molecule has 6 nitrogen and oxygen atoms in total. The first-order valence-electron chi connectivity index (χ1n) is 4.16. The summed E-state index contributed by atoms with van der Waals surface area (Å²) in [4.78, 5) is 19.8. The van der Waals surface area contributed by atoms with E-state index >= 15 is 0 Å². The lowest BCUT2D eigenvalue weighted by molar-refractivity contribution is -0.394. The largest absolute Gasteiger partial charge is 0.276 e. The van der Waals surface area contributed by atoms with Crippen LogP contribution >= 0.6 is 15.9 Å². The first-order valence-corrected chi connectivity index (χ1v) is 4.95. The number of hydrogen-bond donors (Lipinski definition) is 0. The topological polar surface area (TPSA) is 86.3 Å². The second kappa shape index (κ2) is 4.84. The third-order valence-corrected chi connectivity index (χ3v) is 2.06. The van der Waals surface area contributed by atoms with Crippen molar-refractivity contribution in [1.82, 2.24) is 0 Å². The van der Waals surface area contributed by atoms with Crippen LogP contribution in [0.25, 0.3) is 0 Å². The Balaban J connectivity index is 3.23. The van der Waals surface area contributed by atoms with E-state index in [0.717, 1.165) is 6.07 Å². The van der Waals surface area contributed by atoms with Crippen LogP contribution < -0.4 is 0 Å². The van der Waals surface area contributed by atoms with Crippen LogP contribution in [0.3, 0.4) is 0 Å². The Morgan fingerprint density at radius 2 is 1.62 bits per heavy atom. The fourth-order valence-electron chi connectivity index (χ4n) is 1.19. The predicted molar refractivity (Wildman–Crippen MR) is 61.5 cm³/mol. The van der Waals surface area contributed by atoms with Gasteiger partial charge in [0.2, 0.25) is 0 Å². The molecule has 16 heavy (non-hydrogen) atoms. The van der Waals surface area contributed by atoms with Gasteiger partial charge in [-0.1, -0.05) is 22.5 Å². The van der Waals surface area contributed by atoms with Crippen LogP contribution in [-0.4, -0.2) is 9.85 Å². The second-order valence-electron chi connectivity index (χ2n) is 3.07. The van der Waals surface area contributed by atoms with Gasteiger partial charge in [0, 0.05) is 18.6 Å². The molecule has 0 radical (unpaired) electrons. The quantitative estimate of drug-likeness (QED) is 0.629. The number of nitrogens with zero attached hydrogens (tertiary/aromatic N) is 2. The van der Waals surface area contributed by atoms with Crippen molar-refractivity contribution in [2.75, 3.05) is 0 Å². The zero-order valence-electron chi connectivity index (χ0n) is 8.05. The number of halogens is 1. The van der Waals surface area contributed by atoms with Crippen molar-refractivity contribution in [2.45, 2.75) is 6.42 Å². The van der Waals surface area contributed by atoms with Crippen molar-refractivity contribution in [3.8, 4) is 0 Å². The minimum atomic E-state index is -0.659. The van der Waals surface area contributed by atoms with Gasteiger partial charge < -0.3 is 0 Å². The van der Waals surface area contributed by atoms with E-state index in [9.17, 15) is 20.2 Å². The fraction of sp³-hybridized carbons (Fsp3) is 0.111. The van der Waals surface area contributed by atoms with Gasteiger partial charge in [0.1, 0.15) is 0 Å². The lowest BCUT2D eigenvalue weighted by atomic mass is 10.1. The second-order valence-corrected chi connectivity index (χ2v) is 4.19. The molecule has 7 heteroatoms. The number of nitro groups is 2. The minimum absolute atomic E-state index is 0.294. The molecule has 0 aromatic heterocycles. The van der Waals surface area contributed by atoms with Crippen LogP contribution in [0.5, 0.6) is 0 Å². The summed E-state index contributed by atoms with van der Waals surface area (Å²) in [5.74, 6) is 0. The van der Waals surface area contributed by atoms with Gasteiger partial charge in [-0.05, 0) is 10.0 Å². The van der Waals surface area contributed by atoms with E-state index in [2.05, 4.69) is 22.5 Å². The maximum atomic E-state index is 10.6. The molecule has 0 spiro atoms. The van der Waals surface area contributed by atoms with Gasteiger partial charge in [-0.3, -0.25) is 20.2 Å². The smallest absolute Gasteiger partial charge is 0.258 e. The van der Waals surface area contributed by atoms with Gasteiger partial charge in [-0.25, -0.2) is 0 Å². The monoisotopic (exact) mass is 286 g/mol. The zero-order chi connectivity index (χ0) is 12.3. The van der Waals surface area contributed by atoms with Crippen molar-refractivity contribution in [3.63, 3.8) is 0 Å². The Bertz CT molecular complexity index is 440. The summed E-state index contributed by atoms with van der Waals surface area (Å²) in [6.07, 6.45) is 0.308. The highest BCUT2D eigenvalue weighted by atomic mass is 79.9. The average Bonchev–Trinajstić information content (AvgIpc) is 2.15. The third-order valence-electron chi connectivity index (χ3n) is 1.78. The van der Waals surface area contributed by atoms with E-state index in [1.165, 1.54) is 12.1 Å². The summed E-state index contributed by atoms with van der Waals surface area (Å²) in [6, 6.07) is 3.51. The Hall–Kier alpha value is -1.76. The van der Waals surface area contributed by atoms with E-state index in [1.54, 1.807) is 0 Å². The highest BCUT2D eigenvalue weighted by Gasteiger charge is 2.16. The van der Waals surface area contributed by atoms with E-state index < -0.39 is 9.85 Å². The van der Waals surface area contributed by atoms with Crippen LogP contribution in [0.15, 0.2) is 29.3 Å². The van der Waals surface area contributed by atoms with Gasteiger partial charge >= 0.3 is 0 Å². The highest BCUT2D eigenvalue weighted by Crippen LogP contribution is 2.24. The minimum Gasteiger partial charge on any atom is -0.258 e. The molecule has 1 aromatic carbocycles. The SMILES string of the molecule is C=C(Br)Cc1cc([N+](=O)[O-])cc([N+](=O)[O-])c1. The van der Waals surface area contributed by atoms with Crippen molar-refractivity contribution in [2.24, 2.45) is 0 Å². The molecule has 0 heterocycles. The van der Waals surface area contributed by atoms with E-state index in [1.807, 2.05) is 0 Å². The molecule has 1 aromatic rings. The third kappa shape index (κ3) is 3.13. The van der Waals surface area contributed by atoms with Gasteiger partial charge in [-0.15, -0.1) is 0 Å². The Morgan fingerprint density at radius 1 is 1.19 bits per heavy atom. The van der Waals surface area contributed by atoms with E-state index in [0.29, 0.717) is 16.5 Å². The molecular weight excluding hydrogens is 280 g/mol. The van der Waals surface area contributed by atoms with Gasteiger partial charge in [0.15, 0.2) is 0 Å². The number of allylic oxidation sites excluding steroid dienone is 1. The van der Waals surface area contributed by atoms with Crippen LogP contribution in [-0.2, 0) is 6.42 Å². The number of non-ortho nitro benzene ring substituents is 2. The Labute approximate surface area is 99.0 Å². The summed E-state index contributed by atoms with van der Waals surface area (Å²) in [5.41, 5.74) is -0.112. The molecule has 0 amide bonds. The van der Waals surface area contributed by atoms with Crippen molar-refractivity contribution in [1.29, 1.82) is 0 Å². The highest BCUT2D eigenvalue weighted by molar-refractivity contribution is 9.11. The fourth-order valence-corrected chi connectivity index (χ4v) is 1.51. The number of benzene rings is 1. The van der Waals surface area contributed by atoms with Gasteiger partial charge in [0.25, 0.3) is 11.4 Å². The number of nitro benzene ring substituents is 2. The van der Waals surface area contributed by atoms with Crippen LogP contribution in [0.4, 0.5) is 11.4 Å². The maximum absolute atomic E-state index is 10.6. The summed E-state index contributed by atoms with van der Waals surface area (Å²) in [5, 5.41) is 21.1. The molecule has 0 N–H and O–H groups in total. The lowest BCUT2D eigenvalue weighted by Gasteiger charge is -2.00. The molecule has 0 aliphatic heterocycles. The summed E-state index contributed by atoms with van der Waals surface area (Å²) in [6.45, 7) is 3.58. The molecule has 0 fully saturated rings. The first-order chi connectivity index (χ1) is 7.40. The summed E-state index contributed by atoms with van der Waals surface area (Å²) >= 11 is 3.10. The van der Waals surface area contributed by atoms with Crippen LogP contribution in [0, 0.1) is 20.2 Å².